The Kier molecular flexibility index (Phi) is 4.28. The number of benzene rings is 1. The molecule has 0 saturated carbocycles. The molecule has 1 atom stereocenters. The average Bonchev–Trinajstić information content (AvgIpc) is 2.50. The van der Waals surface area contributed by atoms with Crippen LogP contribution in [0, 0.1) is 0 Å². The third kappa shape index (κ3) is 3.35. The van der Waals surface area contributed by atoms with Gasteiger partial charge in [0.15, 0.2) is 17.9 Å². The summed E-state index contributed by atoms with van der Waals surface area (Å²) in [5, 5.41) is 0. The molecule has 104 valence electrons. The van der Waals surface area contributed by atoms with Crippen LogP contribution in [0.1, 0.15) is 19.3 Å². The monoisotopic (exact) mass is 334 g/mol. The fourth-order valence-electron chi connectivity index (χ4n) is 2.08. The molecule has 0 N–H and O–H groups in total. The smallest absolute Gasteiger partial charge is 0.199 e. The normalized spacial score (nSPS) is 18.8. The molecule has 1 aromatic heterocycles. The SMILES string of the molecule is Brc1ccc(-c2ncc(OC3CCCCO3)cn2)cc1. The van der Waals surface area contributed by atoms with Gasteiger partial charge in [0.25, 0.3) is 0 Å². The van der Waals surface area contributed by atoms with E-state index in [1.54, 1.807) is 12.4 Å². The number of hydrogen-bond acceptors (Lipinski definition) is 4. The van der Waals surface area contributed by atoms with Gasteiger partial charge in [-0.2, -0.15) is 0 Å². The summed E-state index contributed by atoms with van der Waals surface area (Å²) in [5.41, 5.74) is 0.980. The topological polar surface area (TPSA) is 44.2 Å². The van der Waals surface area contributed by atoms with E-state index in [2.05, 4.69) is 25.9 Å². The average molecular weight is 335 g/mol. The lowest BCUT2D eigenvalue weighted by molar-refractivity contribution is -0.106. The molecule has 0 bridgehead atoms. The zero-order chi connectivity index (χ0) is 13.8. The van der Waals surface area contributed by atoms with E-state index in [-0.39, 0.29) is 6.29 Å². The van der Waals surface area contributed by atoms with Crippen molar-refractivity contribution in [1.29, 1.82) is 0 Å². The molecule has 3 rings (SSSR count). The van der Waals surface area contributed by atoms with Crippen LogP contribution in [-0.2, 0) is 4.74 Å². The summed E-state index contributed by atoms with van der Waals surface area (Å²) in [6.07, 6.45) is 6.41. The molecule has 0 aliphatic carbocycles. The minimum atomic E-state index is -0.161. The predicted octanol–water partition coefficient (Wildman–Crippen LogP) is 3.81. The van der Waals surface area contributed by atoms with Gasteiger partial charge in [0.2, 0.25) is 0 Å². The van der Waals surface area contributed by atoms with E-state index in [0.717, 1.165) is 35.9 Å². The highest BCUT2D eigenvalue weighted by Gasteiger charge is 2.15. The standard InChI is InChI=1S/C15H15BrN2O2/c16-12-6-4-11(5-7-12)15-17-9-13(10-18-15)20-14-3-1-2-8-19-14/h4-7,9-10,14H,1-3,8H2. The molecule has 1 fully saturated rings. The molecule has 1 aromatic carbocycles. The Hall–Kier alpha value is -1.46. The van der Waals surface area contributed by atoms with Crippen molar-refractivity contribution in [1.82, 2.24) is 9.97 Å². The van der Waals surface area contributed by atoms with Gasteiger partial charge in [0.05, 0.1) is 19.0 Å². The summed E-state index contributed by atoms with van der Waals surface area (Å²) in [5.74, 6) is 1.34. The van der Waals surface area contributed by atoms with E-state index in [0.29, 0.717) is 11.6 Å². The molecule has 1 aliphatic heterocycles. The minimum Gasteiger partial charge on any atom is -0.462 e. The van der Waals surface area contributed by atoms with Gasteiger partial charge in [-0.15, -0.1) is 0 Å². The lowest BCUT2D eigenvalue weighted by Crippen LogP contribution is -2.25. The van der Waals surface area contributed by atoms with Crippen LogP contribution >= 0.6 is 15.9 Å². The number of aromatic nitrogens is 2. The highest BCUT2D eigenvalue weighted by molar-refractivity contribution is 9.10. The highest BCUT2D eigenvalue weighted by Crippen LogP contribution is 2.21. The van der Waals surface area contributed by atoms with E-state index < -0.39 is 0 Å². The second-order valence-corrected chi connectivity index (χ2v) is 5.58. The first kappa shape index (κ1) is 13.5. The van der Waals surface area contributed by atoms with Crippen molar-refractivity contribution in [2.75, 3.05) is 6.61 Å². The summed E-state index contributed by atoms with van der Waals surface area (Å²) < 4.78 is 12.3. The lowest BCUT2D eigenvalue weighted by atomic mass is 10.2. The third-order valence-electron chi connectivity index (χ3n) is 3.14. The van der Waals surface area contributed by atoms with Gasteiger partial charge in [0.1, 0.15) is 0 Å². The van der Waals surface area contributed by atoms with Crippen molar-refractivity contribution < 1.29 is 9.47 Å². The van der Waals surface area contributed by atoms with Crippen LogP contribution in [0.3, 0.4) is 0 Å². The van der Waals surface area contributed by atoms with Crippen LogP contribution < -0.4 is 4.74 Å². The van der Waals surface area contributed by atoms with Gasteiger partial charge in [0, 0.05) is 16.5 Å². The largest absolute Gasteiger partial charge is 0.462 e. The van der Waals surface area contributed by atoms with Gasteiger partial charge in [-0.25, -0.2) is 9.97 Å². The van der Waals surface area contributed by atoms with Crippen molar-refractivity contribution in [3.8, 4) is 17.1 Å². The van der Waals surface area contributed by atoms with Gasteiger partial charge >= 0.3 is 0 Å². The molecule has 0 amide bonds. The molecule has 2 heterocycles. The minimum absolute atomic E-state index is 0.161. The zero-order valence-electron chi connectivity index (χ0n) is 11.0. The Morgan fingerprint density at radius 1 is 1.10 bits per heavy atom. The van der Waals surface area contributed by atoms with Crippen molar-refractivity contribution >= 4 is 15.9 Å². The molecule has 1 aliphatic rings. The first-order chi connectivity index (χ1) is 9.81. The number of nitrogens with zero attached hydrogens (tertiary/aromatic N) is 2. The van der Waals surface area contributed by atoms with E-state index in [1.807, 2.05) is 24.3 Å². The Bertz CT molecular complexity index is 551. The quantitative estimate of drug-likeness (QED) is 0.856. The zero-order valence-corrected chi connectivity index (χ0v) is 12.5. The summed E-state index contributed by atoms with van der Waals surface area (Å²) in [7, 11) is 0. The molecule has 1 unspecified atom stereocenters. The maximum absolute atomic E-state index is 5.71. The van der Waals surface area contributed by atoms with Crippen molar-refractivity contribution in [2.45, 2.75) is 25.6 Å². The molecular formula is C15H15BrN2O2. The highest BCUT2D eigenvalue weighted by atomic mass is 79.9. The fourth-order valence-corrected chi connectivity index (χ4v) is 2.35. The van der Waals surface area contributed by atoms with Crippen LogP contribution in [-0.4, -0.2) is 22.9 Å². The first-order valence-corrected chi connectivity index (χ1v) is 7.47. The molecule has 5 heteroatoms. The van der Waals surface area contributed by atoms with E-state index >= 15 is 0 Å². The molecule has 2 aromatic rings. The van der Waals surface area contributed by atoms with Crippen molar-refractivity contribution in [2.24, 2.45) is 0 Å². The number of ether oxygens (including phenoxy) is 2. The number of rotatable bonds is 3. The summed E-state index contributed by atoms with van der Waals surface area (Å²) in [6.45, 7) is 0.766. The Morgan fingerprint density at radius 2 is 1.85 bits per heavy atom. The third-order valence-corrected chi connectivity index (χ3v) is 3.66. The summed E-state index contributed by atoms with van der Waals surface area (Å²) >= 11 is 3.41. The second kappa shape index (κ2) is 6.33. The van der Waals surface area contributed by atoms with Crippen LogP contribution in [0.2, 0.25) is 0 Å². The van der Waals surface area contributed by atoms with Crippen LogP contribution in [0.4, 0.5) is 0 Å². The maximum Gasteiger partial charge on any atom is 0.199 e. The van der Waals surface area contributed by atoms with Crippen LogP contribution in [0.5, 0.6) is 5.75 Å². The molecular weight excluding hydrogens is 320 g/mol. The lowest BCUT2D eigenvalue weighted by Gasteiger charge is -2.23. The summed E-state index contributed by atoms with van der Waals surface area (Å²) in [6, 6.07) is 7.90. The van der Waals surface area contributed by atoms with E-state index in [4.69, 9.17) is 9.47 Å². The van der Waals surface area contributed by atoms with E-state index in [1.165, 1.54) is 0 Å². The Labute approximate surface area is 126 Å². The van der Waals surface area contributed by atoms with Gasteiger partial charge in [-0.3, -0.25) is 0 Å². The maximum atomic E-state index is 5.71. The Morgan fingerprint density at radius 3 is 2.50 bits per heavy atom. The predicted molar refractivity (Wildman–Crippen MR) is 79.4 cm³/mol. The van der Waals surface area contributed by atoms with Crippen molar-refractivity contribution in [3.63, 3.8) is 0 Å². The van der Waals surface area contributed by atoms with Crippen LogP contribution in [0.15, 0.2) is 41.1 Å². The molecule has 0 radical (unpaired) electrons. The fraction of sp³-hybridized carbons (Fsp3) is 0.333. The van der Waals surface area contributed by atoms with Gasteiger partial charge in [-0.05, 0) is 25.0 Å². The van der Waals surface area contributed by atoms with Gasteiger partial charge < -0.3 is 9.47 Å². The van der Waals surface area contributed by atoms with Crippen molar-refractivity contribution in [3.05, 3.63) is 41.1 Å². The number of hydrogen-bond donors (Lipinski definition) is 0. The number of halogens is 1. The Balaban J connectivity index is 1.69. The first-order valence-electron chi connectivity index (χ1n) is 6.67. The van der Waals surface area contributed by atoms with Gasteiger partial charge in [-0.1, -0.05) is 28.1 Å². The molecule has 4 nitrogen and oxygen atoms in total. The second-order valence-electron chi connectivity index (χ2n) is 4.66. The molecule has 0 spiro atoms. The van der Waals surface area contributed by atoms with Crippen LogP contribution in [0.25, 0.3) is 11.4 Å². The molecule has 1 saturated heterocycles. The molecule has 20 heavy (non-hydrogen) atoms. The van der Waals surface area contributed by atoms with E-state index in [9.17, 15) is 0 Å². The summed E-state index contributed by atoms with van der Waals surface area (Å²) in [4.78, 5) is 8.67.